The summed E-state index contributed by atoms with van der Waals surface area (Å²) in [7, 11) is 0. The molecular formula is C17H12ClN3O5. The molecule has 2 fully saturated rings. The molecule has 1 N–H and O–H groups in total. The molecule has 0 bridgehead atoms. The van der Waals surface area contributed by atoms with Gasteiger partial charge in [-0.1, -0.05) is 23.7 Å². The first-order chi connectivity index (χ1) is 12.5. The maximum Gasteiger partial charge on any atom is 0.269 e. The minimum Gasteiger partial charge on any atom is -0.294 e. The number of rotatable bonds is 3. The Balaban J connectivity index is 1.77. The molecular weight excluding hydrogens is 362 g/mol. The molecule has 0 saturated carbocycles. The fourth-order valence-electron chi connectivity index (χ4n) is 3.28. The highest BCUT2D eigenvalue weighted by Gasteiger charge is 2.56. The molecule has 26 heavy (non-hydrogen) atoms. The molecule has 0 aromatic heterocycles. The van der Waals surface area contributed by atoms with E-state index in [1.165, 1.54) is 17.2 Å². The van der Waals surface area contributed by atoms with Gasteiger partial charge in [0.05, 0.1) is 16.7 Å². The molecule has 0 spiro atoms. The van der Waals surface area contributed by atoms with Crippen LogP contribution in [0.1, 0.15) is 11.6 Å². The topological polar surface area (TPSA) is 102 Å². The van der Waals surface area contributed by atoms with E-state index in [0.717, 1.165) is 0 Å². The Kier molecular flexibility index (Phi) is 3.86. The van der Waals surface area contributed by atoms with Crippen LogP contribution in [-0.4, -0.2) is 22.8 Å². The van der Waals surface area contributed by atoms with Crippen LogP contribution in [0.25, 0.3) is 0 Å². The van der Waals surface area contributed by atoms with E-state index < -0.39 is 34.8 Å². The van der Waals surface area contributed by atoms with Gasteiger partial charge in [0.15, 0.2) is 6.10 Å². The Morgan fingerprint density at radius 3 is 2.31 bits per heavy atom. The van der Waals surface area contributed by atoms with E-state index in [2.05, 4.69) is 5.32 Å². The van der Waals surface area contributed by atoms with Gasteiger partial charge < -0.3 is 0 Å². The summed E-state index contributed by atoms with van der Waals surface area (Å²) in [5.74, 6) is -1.68. The van der Waals surface area contributed by atoms with Gasteiger partial charge in [0, 0.05) is 17.2 Å². The maximum atomic E-state index is 12.3. The summed E-state index contributed by atoms with van der Waals surface area (Å²) in [5.41, 5.74) is 1.19. The first-order valence-electron chi connectivity index (χ1n) is 7.76. The van der Waals surface area contributed by atoms with E-state index in [4.69, 9.17) is 16.4 Å². The third-order valence-corrected chi connectivity index (χ3v) is 4.73. The number of fused-ring (bicyclic) bond motifs is 1. The monoisotopic (exact) mass is 373 g/mol. The summed E-state index contributed by atoms with van der Waals surface area (Å²) in [6, 6.07) is 12.0. The summed E-state index contributed by atoms with van der Waals surface area (Å²) in [6.07, 6.45) is -0.946. The quantitative estimate of drug-likeness (QED) is 0.503. The number of carbonyl (C=O) groups is 2. The highest BCUT2D eigenvalue weighted by atomic mass is 35.5. The van der Waals surface area contributed by atoms with Crippen LogP contribution in [0.5, 0.6) is 0 Å². The van der Waals surface area contributed by atoms with Crippen molar-refractivity contribution in [1.82, 2.24) is 5.32 Å². The third-order valence-electron chi connectivity index (χ3n) is 4.48. The van der Waals surface area contributed by atoms with E-state index in [1.807, 2.05) is 0 Å². The Bertz CT molecular complexity index is 900. The molecule has 3 atom stereocenters. The molecule has 0 unspecified atom stereocenters. The number of benzene rings is 2. The van der Waals surface area contributed by atoms with Crippen LogP contribution in [0.15, 0.2) is 48.5 Å². The lowest BCUT2D eigenvalue weighted by molar-refractivity contribution is -0.384. The van der Waals surface area contributed by atoms with Gasteiger partial charge in [-0.2, -0.15) is 0 Å². The number of imide groups is 1. The highest BCUT2D eigenvalue weighted by Crippen LogP contribution is 2.44. The molecule has 9 heteroatoms. The normalized spacial score (nSPS) is 24.5. The minimum atomic E-state index is -0.946. The molecule has 2 heterocycles. The highest BCUT2D eigenvalue weighted by molar-refractivity contribution is 6.30. The van der Waals surface area contributed by atoms with Crippen molar-refractivity contribution in [3.05, 3.63) is 69.2 Å². The largest absolute Gasteiger partial charge is 0.294 e. The second-order valence-electron chi connectivity index (χ2n) is 6.00. The Morgan fingerprint density at radius 1 is 1.04 bits per heavy atom. The summed E-state index contributed by atoms with van der Waals surface area (Å²) in [5, 5.41) is 15.2. The standard InChI is InChI=1S/C17H12ClN3O5/c18-10-3-7-11(8-4-10)20-14(9-1-5-12(6-2-9)21(24)25)13-15(26-20)17(23)19-16(13)22/h1-8,13-15H,(H,19,22,23)/t13-,14-,15+/m0/s1. The van der Waals surface area contributed by atoms with E-state index in [-0.39, 0.29) is 5.69 Å². The average molecular weight is 374 g/mol. The number of carbonyl (C=O) groups excluding carboxylic acids is 2. The van der Waals surface area contributed by atoms with Gasteiger partial charge in [0.2, 0.25) is 5.91 Å². The second-order valence-corrected chi connectivity index (χ2v) is 6.44. The predicted molar refractivity (Wildman–Crippen MR) is 91.3 cm³/mol. The molecule has 2 saturated heterocycles. The zero-order valence-corrected chi connectivity index (χ0v) is 13.9. The number of non-ortho nitro benzene ring substituents is 1. The molecule has 132 valence electrons. The number of anilines is 1. The molecule has 0 aliphatic carbocycles. The molecule has 4 rings (SSSR count). The Labute approximate surface area is 152 Å². The number of nitro groups is 1. The van der Waals surface area contributed by atoms with Crippen LogP contribution in [0.2, 0.25) is 5.02 Å². The number of hydroxylamine groups is 1. The van der Waals surface area contributed by atoms with Crippen molar-refractivity contribution < 1.29 is 19.3 Å². The van der Waals surface area contributed by atoms with Crippen molar-refractivity contribution in [1.29, 1.82) is 0 Å². The van der Waals surface area contributed by atoms with Crippen LogP contribution in [0.3, 0.4) is 0 Å². The van der Waals surface area contributed by atoms with Crippen LogP contribution < -0.4 is 10.4 Å². The van der Waals surface area contributed by atoms with Crippen molar-refractivity contribution in [2.75, 3.05) is 5.06 Å². The fraction of sp³-hybridized carbons (Fsp3) is 0.176. The average Bonchev–Trinajstić information content (AvgIpc) is 3.14. The summed E-state index contributed by atoms with van der Waals surface area (Å²) >= 11 is 5.92. The number of nitro benzene ring substituents is 1. The lowest BCUT2D eigenvalue weighted by atomic mass is 9.90. The fourth-order valence-corrected chi connectivity index (χ4v) is 3.40. The van der Waals surface area contributed by atoms with Gasteiger partial charge in [-0.3, -0.25) is 29.9 Å². The van der Waals surface area contributed by atoms with E-state index >= 15 is 0 Å². The van der Waals surface area contributed by atoms with Gasteiger partial charge in [0.1, 0.15) is 5.92 Å². The lowest BCUT2D eigenvalue weighted by Crippen LogP contribution is -2.33. The SMILES string of the molecule is O=C1NC(=O)[C@@H]2ON(c3ccc(Cl)cc3)[C@@H](c3ccc([N+](=O)[O-])cc3)[C@H]12. The zero-order chi connectivity index (χ0) is 18.4. The smallest absolute Gasteiger partial charge is 0.269 e. The number of hydrogen-bond donors (Lipinski definition) is 1. The van der Waals surface area contributed by atoms with Crippen molar-refractivity contribution in [3.8, 4) is 0 Å². The number of hydrogen-bond acceptors (Lipinski definition) is 6. The maximum absolute atomic E-state index is 12.3. The van der Waals surface area contributed by atoms with Gasteiger partial charge >= 0.3 is 0 Å². The van der Waals surface area contributed by atoms with Gasteiger partial charge in [-0.15, -0.1) is 0 Å². The lowest BCUT2D eigenvalue weighted by Gasteiger charge is -2.27. The number of amides is 2. The first kappa shape index (κ1) is 16.5. The Morgan fingerprint density at radius 2 is 1.69 bits per heavy atom. The zero-order valence-electron chi connectivity index (χ0n) is 13.2. The van der Waals surface area contributed by atoms with Crippen molar-refractivity contribution in [2.24, 2.45) is 5.92 Å². The molecule has 2 aromatic rings. The molecule has 8 nitrogen and oxygen atoms in total. The van der Waals surface area contributed by atoms with Crippen molar-refractivity contribution in [3.63, 3.8) is 0 Å². The minimum absolute atomic E-state index is 0.0609. The van der Waals surface area contributed by atoms with Gasteiger partial charge in [0.25, 0.3) is 11.6 Å². The van der Waals surface area contributed by atoms with E-state index in [1.54, 1.807) is 36.4 Å². The van der Waals surface area contributed by atoms with Crippen LogP contribution >= 0.6 is 11.6 Å². The summed E-state index contributed by atoms with van der Waals surface area (Å²) in [6.45, 7) is 0. The van der Waals surface area contributed by atoms with Gasteiger partial charge in [-0.25, -0.2) is 5.06 Å². The predicted octanol–water partition coefficient (Wildman–Crippen LogP) is 2.38. The van der Waals surface area contributed by atoms with Crippen molar-refractivity contribution >= 4 is 34.8 Å². The molecule has 2 aliphatic heterocycles. The number of halogens is 1. The van der Waals surface area contributed by atoms with E-state index in [0.29, 0.717) is 16.3 Å². The Hall–Kier alpha value is -2.97. The van der Waals surface area contributed by atoms with Crippen LogP contribution in [0.4, 0.5) is 11.4 Å². The van der Waals surface area contributed by atoms with Gasteiger partial charge in [-0.05, 0) is 29.8 Å². The third kappa shape index (κ3) is 2.59. The van der Waals surface area contributed by atoms with Crippen LogP contribution in [0, 0.1) is 16.0 Å². The van der Waals surface area contributed by atoms with E-state index in [9.17, 15) is 19.7 Å². The number of nitrogens with one attached hydrogen (secondary N) is 1. The second kappa shape index (κ2) is 6.08. The summed E-state index contributed by atoms with van der Waals surface area (Å²) in [4.78, 5) is 40.5. The molecule has 0 radical (unpaired) electrons. The van der Waals surface area contributed by atoms with Crippen LogP contribution in [-0.2, 0) is 14.4 Å². The molecule has 2 aromatic carbocycles. The molecule has 2 aliphatic rings. The van der Waals surface area contributed by atoms with Crippen molar-refractivity contribution in [2.45, 2.75) is 12.1 Å². The number of nitrogens with zero attached hydrogens (tertiary/aromatic N) is 2. The molecule has 2 amide bonds. The summed E-state index contributed by atoms with van der Waals surface area (Å²) < 4.78 is 0. The first-order valence-corrected chi connectivity index (χ1v) is 8.14.